The zero-order valence-corrected chi connectivity index (χ0v) is 10.9. The molecule has 5 nitrogen and oxygen atoms in total. The Kier molecular flexibility index (Phi) is 3.09. The van der Waals surface area contributed by atoms with Crippen LogP contribution in [0.3, 0.4) is 0 Å². The molecule has 20 heavy (non-hydrogen) atoms. The predicted molar refractivity (Wildman–Crippen MR) is 75.0 cm³/mol. The lowest BCUT2D eigenvalue weighted by Crippen LogP contribution is -1.97. The lowest BCUT2D eigenvalue weighted by molar-refractivity contribution is 0.408. The normalized spacial score (nSPS) is 10.4. The molecule has 0 spiro atoms. The molecule has 1 aromatic carbocycles. The number of phenolic OH excluding ortho intramolecular Hbond substituents is 1. The maximum Gasteiger partial charge on any atom is 0.153 e. The molecule has 0 atom stereocenters. The van der Waals surface area contributed by atoms with Gasteiger partial charge in [-0.05, 0) is 30.3 Å². The van der Waals surface area contributed by atoms with E-state index in [1.54, 1.807) is 42.4 Å². The topological polar surface area (TPSA) is 60.2 Å². The zero-order chi connectivity index (χ0) is 13.9. The molecule has 0 saturated heterocycles. The Labute approximate surface area is 116 Å². The number of phenols is 1. The molecule has 0 fully saturated rings. The molecule has 0 saturated carbocycles. The second-order valence-electron chi connectivity index (χ2n) is 4.22. The minimum absolute atomic E-state index is 0.135. The Hall–Kier alpha value is -2.82. The summed E-state index contributed by atoms with van der Waals surface area (Å²) in [5.41, 5.74) is 1.33. The van der Waals surface area contributed by atoms with E-state index in [0.717, 1.165) is 5.82 Å². The summed E-state index contributed by atoms with van der Waals surface area (Å²) in [7, 11) is 1.56. The van der Waals surface area contributed by atoms with Gasteiger partial charge in [0.1, 0.15) is 11.5 Å². The molecule has 0 aliphatic rings. The van der Waals surface area contributed by atoms with Crippen LogP contribution in [-0.2, 0) is 0 Å². The predicted octanol–water partition coefficient (Wildman–Crippen LogP) is 2.65. The van der Waals surface area contributed by atoms with Gasteiger partial charge < -0.3 is 9.84 Å². The third kappa shape index (κ3) is 2.21. The number of aromatic nitrogens is 3. The number of pyridine rings is 1. The molecule has 5 heteroatoms. The molecule has 2 aromatic heterocycles. The molecule has 0 aliphatic carbocycles. The summed E-state index contributed by atoms with van der Waals surface area (Å²) < 4.78 is 6.73. The van der Waals surface area contributed by atoms with Crippen LogP contribution >= 0.6 is 0 Å². The summed E-state index contributed by atoms with van der Waals surface area (Å²) in [6.45, 7) is 0. The van der Waals surface area contributed by atoms with E-state index in [9.17, 15) is 5.11 Å². The minimum atomic E-state index is 0.135. The van der Waals surface area contributed by atoms with E-state index < -0.39 is 0 Å². The van der Waals surface area contributed by atoms with Gasteiger partial charge in [0.15, 0.2) is 5.82 Å². The van der Waals surface area contributed by atoms with Gasteiger partial charge in [-0.25, -0.2) is 9.67 Å². The third-order valence-electron chi connectivity index (χ3n) is 2.95. The van der Waals surface area contributed by atoms with Gasteiger partial charge in [0, 0.05) is 24.0 Å². The summed E-state index contributed by atoms with van der Waals surface area (Å²) in [6.07, 6.45) is 3.52. The van der Waals surface area contributed by atoms with Crippen molar-refractivity contribution in [3.63, 3.8) is 0 Å². The van der Waals surface area contributed by atoms with E-state index >= 15 is 0 Å². The molecule has 3 aromatic rings. The number of aromatic hydroxyl groups is 1. The SMILES string of the molecule is COc1ccc(-c2ccn(-c3ccccn3)n2)c(O)c1. The van der Waals surface area contributed by atoms with Crippen molar-refractivity contribution in [3.05, 3.63) is 54.9 Å². The number of ether oxygens (including phenoxy) is 1. The van der Waals surface area contributed by atoms with Gasteiger partial charge in [-0.3, -0.25) is 0 Å². The van der Waals surface area contributed by atoms with Crippen LogP contribution < -0.4 is 4.74 Å². The first kappa shape index (κ1) is 12.2. The highest BCUT2D eigenvalue weighted by atomic mass is 16.5. The summed E-state index contributed by atoms with van der Waals surface area (Å²) in [6, 6.07) is 12.6. The van der Waals surface area contributed by atoms with Gasteiger partial charge in [-0.1, -0.05) is 6.07 Å². The van der Waals surface area contributed by atoms with Gasteiger partial charge in [-0.15, -0.1) is 0 Å². The highest BCUT2D eigenvalue weighted by Crippen LogP contribution is 2.31. The van der Waals surface area contributed by atoms with E-state index in [-0.39, 0.29) is 5.75 Å². The maximum absolute atomic E-state index is 10.0. The van der Waals surface area contributed by atoms with E-state index in [1.807, 2.05) is 24.3 Å². The average Bonchev–Trinajstić information content (AvgIpc) is 2.97. The summed E-state index contributed by atoms with van der Waals surface area (Å²) >= 11 is 0. The number of benzene rings is 1. The Balaban J connectivity index is 1.98. The van der Waals surface area contributed by atoms with Gasteiger partial charge in [0.05, 0.1) is 12.8 Å². The fraction of sp³-hybridized carbons (Fsp3) is 0.0667. The molecule has 1 N–H and O–H groups in total. The third-order valence-corrected chi connectivity index (χ3v) is 2.95. The Bertz CT molecular complexity index is 723. The quantitative estimate of drug-likeness (QED) is 0.792. The van der Waals surface area contributed by atoms with Gasteiger partial charge in [0.2, 0.25) is 0 Å². The van der Waals surface area contributed by atoms with Crippen LogP contribution in [-0.4, -0.2) is 27.0 Å². The van der Waals surface area contributed by atoms with Crippen molar-refractivity contribution in [2.24, 2.45) is 0 Å². The lowest BCUT2D eigenvalue weighted by atomic mass is 10.1. The molecule has 100 valence electrons. The monoisotopic (exact) mass is 267 g/mol. The fourth-order valence-electron chi connectivity index (χ4n) is 1.94. The number of nitrogens with zero attached hydrogens (tertiary/aromatic N) is 3. The van der Waals surface area contributed by atoms with Crippen molar-refractivity contribution in [3.8, 4) is 28.6 Å². The van der Waals surface area contributed by atoms with Gasteiger partial charge in [0.25, 0.3) is 0 Å². The Morgan fingerprint density at radius 3 is 2.75 bits per heavy atom. The van der Waals surface area contributed by atoms with E-state index in [1.165, 1.54) is 0 Å². The summed E-state index contributed by atoms with van der Waals surface area (Å²) in [4.78, 5) is 4.22. The standard InChI is InChI=1S/C15H13N3O2/c1-20-11-5-6-12(14(19)10-11)13-7-9-18(17-13)15-4-2-3-8-16-15/h2-10,19H,1H3. The first-order valence-corrected chi connectivity index (χ1v) is 6.12. The number of hydrogen-bond acceptors (Lipinski definition) is 4. The van der Waals surface area contributed by atoms with Crippen molar-refractivity contribution in [1.82, 2.24) is 14.8 Å². The second kappa shape index (κ2) is 5.05. The molecule has 0 bridgehead atoms. The molecule has 0 aliphatic heterocycles. The Morgan fingerprint density at radius 2 is 2.05 bits per heavy atom. The highest BCUT2D eigenvalue weighted by molar-refractivity contribution is 5.67. The molecule has 0 radical (unpaired) electrons. The fourth-order valence-corrected chi connectivity index (χ4v) is 1.94. The molecular formula is C15H13N3O2. The largest absolute Gasteiger partial charge is 0.507 e. The van der Waals surface area contributed by atoms with Crippen LogP contribution in [0.4, 0.5) is 0 Å². The summed E-state index contributed by atoms with van der Waals surface area (Å²) in [5, 5.41) is 14.4. The average molecular weight is 267 g/mol. The lowest BCUT2D eigenvalue weighted by Gasteiger charge is -2.04. The van der Waals surface area contributed by atoms with E-state index in [0.29, 0.717) is 17.0 Å². The molecule has 0 amide bonds. The van der Waals surface area contributed by atoms with E-state index in [2.05, 4.69) is 10.1 Å². The molecule has 2 heterocycles. The van der Waals surface area contributed by atoms with Crippen LogP contribution in [0, 0.1) is 0 Å². The van der Waals surface area contributed by atoms with E-state index in [4.69, 9.17) is 4.74 Å². The van der Waals surface area contributed by atoms with Crippen LogP contribution in [0.15, 0.2) is 54.9 Å². The van der Waals surface area contributed by atoms with Crippen molar-refractivity contribution in [2.45, 2.75) is 0 Å². The summed E-state index contributed by atoms with van der Waals surface area (Å²) in [5.74, 6) is 1.47. The van der Waals surface area contributed by atoms with Crippen LogP contribution in [0.1, 0.15) is 0 Å². The zero-order valence-electron chi connectivity index (χ0n) is 10.9. The first-order valence-electron chi connectivity index (χ1n) is 6.12. The second-order valence-corrected chi connectivity index (χ2v) is 4.22. The molecule has 3 rings (SSSR count). The van der Waals surface area contributed by atoms with Crippen molar-refractivity contribution < 1.29 is 9.84 Å². The van der Waals surface area contributed by atoms with Crippen LogP contribution in [0.5, 0.6) is 11.5 Å². The van der Waals surface area contributed by atoms with Crippen molar-refractivity contribution in [1.29, 1.82) is 0 Å². The molecular weight excluding hydrogens is 254 g/mol. The minimum Gasteiger partial charge on any atom is -0.507 e. The van der Waals surface area contributed by atoms with Crippen molar-refractivity contribution in [2.75, 3.05) is 7.11 Å². The van der Waals surface area contributed by atoms with Crippen molar-refractivity contribution >= 4 is 0 Å². The highest BCUT2D eigenvalue weighted by Gasteiger charge is 2.09. The first-order chi connectivity index (χ1) is 9.78. The number of rotatable bonds is 3. The molecule has 0 unspecified atom stereocenters. The van der Waals surface area contributed by atoms with Gasteiger partial charge >= 0.3 is 0 Å². The number of methoxy groups -OCH3 is 1. The Morgan fingerprint density at radius 1 is 1.15 bits per heavy atom. The maximum atomic E-state index is 10.0. The number of hydrogen-bond donors (Lipinski definition) is 1. The van der Waals surface area contributed by atoms with Crippen LogP contribution in [0.2, 0.25) is 0 Å². The van der Waals surface area contributed by atoms with Crippen LogP contribution in [0.25, 0.3) is 17.1 Å². The van der Waals surface area contributed by atoms with Gasteiger partial charge in [-0.2, -0.15) is 5.10 Å². The smallest absolute Gasteiger partial charge is 0.153 e.